The molecule has 3 aromatic heterocycles. The maximum atomic E-state index is 13.0. The molecule has 0 spiro atoms. The van der Waals surface area contributed by atoms with Gasteiger partial charge in [-0.1, -0.05) is 0 Å². The second-order valence-corrected chi connectivity index (χ2v) is 7.11. The summed E-state index contributed by atoms with van der Waals surface area (Å²) in [6.07, 6.45) is 6.75. The molecule has 3 aromatic rings. The van der Waals surface area contributed by atoms with E-state index in [1.54, 1.807) is 6.20 Å². The van der Waals surface area contributed by atoms with Crippen molar-refractivity contribution in [3.63, 3.8) is 0 Å². The monoisotopic (exact) mass is 351 g/mol. The first-order chi connectivity index (χ1) is 12.8. The molecule has 2 aliphatic heterocycles. The summed E-state index contributed by atoms with van der Waals surface area (Å²) in [5.74, 6) is 0.646. The number of fused-ring (bicyclic) bond motifs is 1. The Bertz CT molecular complexity index is 927. The highest BCUT2D eigenvalue weighted by atomic mass is 16.5. The van der Waals surface area contributed by atoms with Gasteiger partial charge in [-0.2, -0.15) is 5.10 Å². The van der Waals surface area contributed by atoms with Crippen LogP contribution in [0.5, 0.6) is 0 Å². The normalized spacial score (nSPS) is 21.1. The standard InChI is InChI=1S/C19H21N5O2/c25-19(24-6-3-17(24)12-4-7-26-8-5-12)16-9-13-1-2-15(22-18(13)23-16)14-10-20-21-11-14/h1-2,9-12,17H,3-8H2,(H,20,21)(H,22,23)/t17-/m1/s1. The maximum Gasteiger partial charge on any atom is 0.270 e. The lowest BCUT2D eigenvalue weighted by atomic mass is 9.83. The van der Waals surface area contributed by atoms with Crippen LogP contribution in [0.15, 0.2) is 30.6 Å². The van der Waals surface area contributed by atoms with Crippen molar-refractivity contribution in [2.24, 2.45) is 5.92 Å². The quantitative estimate of drug-likeness (QED) is 0.759. The molecule has 1 amide bonds. The third-order valence-electron chi connectivity index (χ3n) is 5.64. The van der Waals surface area contributed by atoms with E-state index in [0.29, 0.717) is 17.7 Å². The molecule has 0 bridgehead atoms. The number of aromatic amines is 2. The Morgan fingerprint density at radius 3 is 2.85 bits per heavy atom. The van der Waals surface area contributed by atoms with Crippen LogP contribution in [0.3, 0.4) is 0 Å². The molecule has 0 aromatic carbocycles. The summed E-state index contributed by atoms with van der Waals surface area (Å²) in [6.45, 7) is 2.47. The lowest BCUT2D eigenvalue weighted by Crippen LogP contribution is -2.55. The zero-order valence-corrected chi connectivity index (χ0v) is 14.4. The molecule has 134 valence electrons. The Hall–Kier alpha value is -2.67. The van der Waals surface area contributed by atoms with Gasteiger partial charge in [-0.15, -0.1) is 0 Å². The smallest absolute Gasteiger partial charge is 0.270 e. The number of hydrogen-bond acceptors (Lipinski definition) is 4. The summed E-state index contributed by atoms with van der Waals surface area (Å²) < 4.78 is 5.46. The molecule has 0 radical (unpaired) electrons. The summed E-state index contributed by atoms with van der Waals surface area (Å²) in [5, 5.41) is 7.71. The van der Waals surface area contributed by atoms with E-state index < -0.39 is 0 Å². The lowest BCUT2D eigenvalue weighted by molar-refractivity contribution is -0.00836. The maximum absolute atomic E-state index is 13.0. The van der Waals surface area contributed by atoms with Gasteiger partial charge in [0.1, 0.15) is 11.3 Å². The molecular formula is C19H21N5O2. The zero-order valence-electron chi connectivity index (χ0n) is 14.4. The van der Waals surface area contributed by atoms with E-state index >= 15 is 0 Å². The number of H-pyrrole nitrogens is 2. The second-order valence-electron chi connectivity index (χ2n) is 7.11. The first-order valence-corrected chi connectivity index (χ1v) is 9.17. The molecule has 0 saturated carbocycles. The van der Waals surface area contributed by atoms with Crippen LogP contribution in [0.1, 0.15) is 29.8 Å². The minimum absolute atomic E-state index is 0.0793. The van der Waals surface area contributed by atoms with Crippen LogP contribution >= 0.6 is 0 Å². The molecule has 0 aliphatic carbocycles. The first-order valence-electron chi connectivity index (χ1n) is 9.17. The molecule has 2 saturated heterocycles. The fourth-order valence-corrected chi connectivity index (χ4v) is 4.08. The van der Waals surface area contributed by atoms with Crippen LogP contribution in [0.25, 0.3) is 22.3 Å². The van der Waals surface area contributed by atoms with Crippen molar-refractivity contribution < 1.29 is 9.53 Å². The molecule has 5 rings (SSSR count). The minimum atomic E-state index is 0.0793. The number of nitrogens with one attached hydrogen (secondary N) is 2. The average Bonchev–Trinajstić information content (AvgIpc) is 3.30. The fraction of sp³-hybridized carbons (Fsp3) is 0.421. The van der Waals surface area contributed by atoms with Crippen molar-refractivity contribution in [3.05, 3.63) is 36.3 Å². The number of nitrogens with zero attached hydrogens (tertiary/aromatic N) is 3. The number of carbonyl (C=O) groups excluding carboxylic acids is 1. The second kappa shape index (κ2) is 6.25. The SMILES string of the molecule is O=C(c1cc2ccc(-c3cn[nH]c3)nc2[nH]1)N1CC[C@@H]1C1CCOCC1. The van der Waals surface area contributed by atoms with E-state index in [4.69, 9.17) is 4.74 Å². The van der Waals surface area contributed by atoms with Gasteiger partial charge in [-0.3, -0.25) is 9.89 Å². The van der Waals surface area contributed by atoms with E-state index in [0.717, 1.165) is 61.3 Å². The van der Waals surface area contributed by atoms with Crippen molar-refractivity contribution >= 4 is 16.9 Å². The van der Waals surface area contributed by atoms with E-state index in [1.807, 2.05) is 29.3 Å². The number of aromatic nitrogens is 4. The average molecular weight is 351 g/mol. The number of likely N-dealkylation sites (tertiary alicyclic amines) is 1. The van der Waals surface area contributed by atoms with Crippen molar-refractivity contribution in [3.8, 4) is 11.3 Å². The lowest BCUT2D eigenvalue weighted by Gasteiger charge is -2.46. The molecular weight excluding hydrogens is 330 g/mol. The van der Waals surface area contributed by atoms with Gasteiger partial charge in [-0.05, 0) is 43.4 Å². The molecule has 1 atom stereocenters. The zero-order chi connectivity index (χ0) is 17.5. The van der Waals surface area contributed by atoms with Crippen LogP contribution in [0.2, 0.25) is 0 Å². The van der Waals surface area contributed by atoms with Gasteiger partial charge < -0.3 is 14.6 Å². The van der Waals surface area contributed by atoms with Crippen molar-refractivity contribution in [2.45, 2.75) is 25.3 Å². The summed E-state index contributed by atoms with van der Waals surface area (Å²) in [4.78, 5) is 22.8. The molecule has 7 heteroatoms. The summed E-state index contributed by atoms with van der Waals surface area (Å²) >= 11 is 0. The summed E-state index contributed by atoms with van der Waals surface area (Å²) in [6, 6.07) is 6.20. The van der Waals surface area contributed by atoms with Crippen LogP contribution in [-0.2, 0) is 4.74 Å². The Labute approximate surface area is 150 Å². The molecule has 5 heterocycles. The Balaban J connectivity index is 1.39. The van der Waals surface area contributed by atoms with Crippen molar-refractivity contribution in [1.29, 1.82) is 0 Å². The van der Waals surface area contributed by atoms with Gasteiger partial charge >= 0.3 is 0 Å². The minimum Gasteiger partial charge on any atom is -0.381 e. The van der Waals surface area contributed by atoms with Crippen molar-refractivity contribution in [1.82, 2.24) is 25.1 Å². The van der Waals surface area contributed by atoms with Crippen LogP contribution in [0.4, 0.5) is 0 Å². The van der Waals surface area contributed by atoms with Gasteiger partial charge in [0.2, 0.25) is 0 Å². The Kier molecular flexibility index (Phi) is 3.74. The van der Waals surface area contributed by atoms with E-state index in [-0.39, 0.29) is 5.91 Å². The number of hydrogen-bond donors (Lipinski definition) is 2. The highest BCUT2D eigenvalue weighted by Crippen LogP contribution is 2.32. The van der Waals surface area contributed by atoms with Gasteiger partial charge in [0.25, 0.3) is 5.91 Å². The van der Waals surface area contributed by atoms with Crippen LogP contribution in [-0.4, -0.2) is 56.8 Å². The van der Waals surface area contributed by atoms with E-state index in [1.165, 1.54) is 0 Å². The van der Waals surface area contributed by atoms with Crippen molar-refractivity contribution in [2.75, 3.05) is 19.8 Å². The summed E-state index contributed by atoms with van der Waals surface area (Å²) in [7, 11) is 0. The van der Waals surface area contributed by atoms with E-state index in [9.17, 15) is 4.79 Å². The fourth-order valence-electron chi connectivity index (χ4n) is 4.08. The van der Waals surface area contributed by atoms with Gasteiger partial charge in [0, 0.05) is 42.9 Å². The van der Waals surface area contributed by atoms with Crippen LogP contribution < -0.4 is 0 Å². The number of ether oxygens (including phenoxy) is 1. The van der Waals surface area contributed by atoms with E-state index in [2.05, 4.69) is 20.2 Å². The predicted octanol–water partition coefficient (Wildman–Crippen LogP) is 2.59. The topological polar surface area (TPSA) is 86.9 Å². The Morgan fingerprint density at radius 2 is 2.12 bits per heavy atom. The predicted molar refractivity (Wildman–Crippen MR) is 96.7 cm³/mol. The molecule has 26 heavy (non-hydrogen) atoms. The number of amides is 1. The number of pyridine rings is 1. The van der Waals surface area contributed by atoms with Crippen LogP contribution in [0, 0.1) is 5.92 Å². The third kappa shape index (κ3) is 2.59. The largest absolute Gasteiger partial charge is 0.381 e. The molecule has 7 nitrogen and oxygen atoms in total. The van der Waals surface area contributed by atoms with Gasteiger partial charge in [0.15, 0.2) is 0 Å². The summed E-state index contributed by atoms with van der Waals surface area (Å²) in [5.41, 5.74) is 3.11. The highest BCUT2D eigenvalue weighted by molar-refractivity contribution is 5.98. The number of rotatable bonds is 3. The highest BCUT2D eigenvalue weighted by Gasteiger charge is 2.39. The molecule has 2 fully saturated rings. The number of carbonyl (C=O) groups is 1. The first kappa shape index (κ1) is 15.6. The Morgan fingerprint density at radius 1 is 1.23 bits per heavy atom. The molecule has 2 aliphatic rings. The molecule has 0 unspecified atom stereocenters. The van der Waals surface area contributed by atoms with Gasteiger partial charge in [-0.25, -0.2) is 4.98 Å². The van der Waals surface area contributed by atoms with Gasteiger partial charge in [0.05, 0.1) is 11.9 Å². The molecule has 2 N–H and O–H groups in total. The third-order valence-corrected chi connectivity index (χ3v) is 5.64.